The number of ketones is 1. The van der Waals surface area contributed by atoms with Crippen LogP contribution < -0.4 is 11.1 Å². The van der Waals surface area contributed by atoms with Gasteiger partial charge in [-0.15, -0.1) is 0 Å². The summed E-state index contributed by atoms with van der Waals surface area (Å²) >= 11 is 0. The molecule has 26 heavy (non-hydrogen) atoms. The lowest BCUT2D eigenvalue weighted by Gasteiger charge is -2.14. The van der Waals surface area contributed by atoms with E-state index in [-0.39, 0.29) is 11.7 Å². The van der Waals surface area contributed by atoms with Crippen molar-refractivity contribution in [3.8, 4) is 0 Å². The molecule has 1 aromatic heterocycles. The van der Waals surface area contributed by atoms with Gasteiger partial charge < -0.3 is 16.0 Å². The van der Waals surface area contributed by atoms with Crippen LogP contribution in [0.3, 0.4) is 0 Å². The zero-order valence-corrected chi connectivity index (χ0v) is 15.5. The van der Waals surface area contributed by atoms with E-state index in [1.54, 1.807) is 43.3 Å². The van der Waals surface area contributed by atoms with Crippen LogP contribution in [-0.2, 0) is 4.79 Å². The molecule has 0 spiro atoms. The second-order valence-electron chi connectivity index (χ2n) is 7.13. The molecular weight excluding hydrogens is 328 g/mol. The van der Waals surface area contributed by atoms with Crippen molar-refractivity contribution in [2.45, 2.75) is 27.7 Å². The van der Waals surface area contributed by atoms with Gasteiger partial charge in [-0.05, 0) is 50.0 Å². The number of Topliss-reactive ketones (excluding diaryl/α,β-unsaturated/α-hetero) is 1. The Balaban J connectivity index is 2.25. The van der Waals surface area contributed by atoms with Crippen LogP contribution in [0.15, 0.2) is 40.9 Å². The van der Waals surface area contributed by atoms with E-state index in [4.69, 9.17) is 5.73 Å². The van der Waals surface area contributed by atoms with Gasteiger partial charge in [-0.25, -0.2) is 4.99 Å². The molecule has 0 aliphatic rings. The molecule has 1 amide bonds. The number of aromatic nitrogens is 1. The van der Waals surface area contributed by atoms with Crippen molar-refractivity contribution in [1.82, 2.24) is 4.98 Å². The van der Waals surface area contributed by atoms with Crippen LogP contribution in [0.4, 0.5) is 17.2 Å². The monoisotopic (exact) mass is 352 g/mol. The first kappa shape index (κ1) is 19.2. The molecule has 0 unspecified atom stereocenters. The zero-order chi connectivity index (χ0) is 19.5. The highest BCUT2D eigenvalue weighted by Gasteiger charge is 2.25. The maximum Gasteiger partial charge on any atom is 0.251 e. The van der Waals surface area contributed by atoms with Crippen molar-refractivity contribution in [1.29, 1.82) is 0 Å². The number of nitrogens with two attached hydrogens (primary N) is 1. The number of aliphatic imine (C=N–C) groups is 1. The molecule has 0 aliphatic heterocycles. The summed E-state index contributed by atoms with van der Waals surface area (Å²) in [7, 11) is 0. The zero-order valence-electron chi connectivity index (χ0n) is 15.5. The number of carbonyl (C=O) groups is 2. The summed E-state index contributed by atoms with van der Waals surface area (Å²) in [6.07, 6.45) is 1.67. The quantitative estimate of drug-likeness (QED) is 0.325. The Labute approximate surface area is 153 Å². The fourth-order valence-electron chi connectivity index (χ4n) is 2.32. The van der Waals surface area contributed by atoms with Gasteiger partial charge >= 0.3 is 0 Å². The molecule has 0 fully saturated rings. The molecule has 0 atom stereocenters. The maximum atomic E-state index is 12.4. The molecule has 0 saturated heterocycles. The highest BCUT2D eigenvalue weighted by atomic mass is 16.1. The van der Waals surface area contributed by atoms with Gasteiger partial charge in [-0.2, -0.15) is 0 Å². The highest BCUT2D eigenvalue weighted by Crippen LogP contribution is 2.27. The second-order valence-corrected chi connectivity index (χ2v) is 7.13. The van der Waals surface area contributed by atoms with E-state index in [0.717, 1.165) is 0 Å². The Morgan fingerprint density at radius 2 is 1.85 bits per heavy atom. The van der Waals surface area contributed by atoms with Gasteiger partial charge in [0.1, 0.15) is 5.82 Å². The Kier molecular flexibility index (Phi) is 5.45. The van der Waals surface area contributed by atoms with E-state index in [2.05, 4.69) is 22.0 Å². The van der Waals surface area contributed by atoms with Gasteiger partial charge in [0.25, 0.3) is 5.91 Å². The minimum atomic E-state index is -0.522. The van der Waals surface area contributed by atoms with Gasteiger partial charge in [0.15, 0.2) is 5.78 Å². The summed E-state index contributed by atoms with van der Waals surface area (Å²) < 4.78 is 0. The predicted octanol–water partition coefficient (Wildman–Crippen LogP) is 4.20. The van der Waals surface area contributed by atoms with Crippen LogP contribution in [0.25, 0.3) is 6.08 Å². The van der Waals surface area contributed by atoms with Crippen molar-refractivity contribution >= 4 is 41.7 Å². The lowest BCUT2D eigenvalue weighted by atomic mass is 9.89. The standard InChI is InChI=1S/C20H24N4O2/c1-12(19(26)23-15-8-6-14(21)7-9-15)10-13-11-16(24-18(13)22-5)17(25)20(2,3)4/h6-11,24H,5,21H2,1-4H3,(H,23,26)/b12-10+. The minimum absolute atomic E-state index is 0.0361. The molecule has 0 aliphatic carbocycles. The van der Waals surface area contributed by atoms with Crippen molar-refractivity contribution < 1.29 is 9.59 Å². The van der Waals surface area contributed by atoms with Crippen LogP contribution >= 0.6 is 0 Å². The highest BCUT2D eigenvalue weighted by molar-refractivity contribution is 6.07. The molecule has 6 nitrogen and oxygen atoms in total. The average Bonchev–Trinajstić information content (AvgIpc) is 2.98. The number of H-pyrrole nitrogens is 1. The van der Waals surface area contributed by atoms with E-state index < -0.39 is 5.41 Å². The molecule has 4 N–H and O–H groups in total. The topological polar surface area (TPSA) is 100 Å². The Hall–Kier alpha value is -3.15. The molecule has 0 bridgehead atoms. The van der Waals surface area contributed by atoms with E-state index in [1.165, 1.54) is 0 Å². The third-order valence-corrected chi connectivity index (χ3v) is 3.81. The Morgan fingerprint density at radius 3 is 2.38 bits per heavy atom. The molecule has 1 heterocycles. The number of hydrogen-bond acceptors (Lipinski definition) is 4. The summed E-state index contributed by atoms with van der Waals surface area (Å²) in [5.74, 6) is 0.165. The summed E-state index contributed by atoms with van der Waals surface area (Å²) in [5, 5.41) is 2.79. The number of anilines is 2. The van der Waals surface area contributed by atoms with Crippen molar-refractivity contribution in [3.05, 3.63) is 47.2 Å². The van der Waals surface area contributed by atoms with Gasteiger partial charge in [0.2, 0.25) is 0 Å². The molecule has 0 saturated carbocycles. The molecule has 2 rings (SSSR count). The lowest BCUT2D eigenvalue weighted by molar-refractivity contribution is -0.112. The number of benzene rings is 1. The number of amides is 1. The SMILES string of the molecule is C=Nc1[nH]c(C(=O)C(C)(C)C)cc1/C=C(\C)C(=O)Nc1ccc(N)cc1. The molecule has 2 aromatic rings. The van der Waals surface area contributed by atoms with Crippen molar-refractivity contribution in [2.75, 3.05) is 11.1 Å². The smallest absolute Gasteiger partial charge is 0.251 e. The number of nitrogen functional groups attached to an aromatic ring is 1. The number of hydrogen-bond donors (Lipinski definition) is 3. The fraction of sp³-hybridized carbons (Fsp3) is 0.250. The molecule has 0 radical (unpaired) electrons. The van der Waals surface area contributed by atoms with Gasteiger partial charge in [0.05, 0.1) is 5.69 Å². The van der Waals surface area contributed by atoms with Gasteiger partial charge in [0, 0.05) is 27.9 Å². The first-order chi connectivity index (χ1) is 12.1. The van der Waals surface area contributed by atoms with E-state index >= 15 is 0 Å². The third kappa shape index (κ3) is 4.47. The molecule has 136 valence electrons. The number of carbonyl (C=O) groups excluding carboxylic acids is 2. The molecular formula is C20H24N4O2. The Morgan fingerprint density at radius 1 is 1.23 bits per heavy atom. The molecule has 6 heteroatoms. The van der Waals surface area contributed by atoms with E-state index in [9.17, 15) is 9.59 Å². The summed E-state index contributed by atoms with van der Waals surface area (Å²) in [6.45, 7) is 10.7. The Bertz CT molecular complexity index is 868. The minimum Gasteiger partial charge on any atom is -0.399 e. The molecule has 1 aromatic carbocycles. The third-order valence-electron chi connectivity index (χ3n) is 3.81. The van der Waals surface area contributed by atoms with Crippen molar-refractivity contribution in [3.63, 3.8) is 0 Å². The van der Waals surface area contributed by atoms with E-state index in [0.29, 0.717) is 34.0 Å². The first-order valence-electron chi connectivity index (χ1n) is 8.21. The number of nitrogens with one attached hydrogen (secondary N) is 2. The van der Waals surface area contributed by atoms with Crippen LogP contribution in [0.5, 0.6) is 0 Å². The number of rotatable bonds is 5. The van der Waals surface area contributed by atoms with Crippen molar-refractivity contribution in [2.24, 2.45) is 10.4 Å². The second kappa shape index (κ2) is 7.39. The first-order valence-corrected chi connectivity index (χ1v) is 8.21. The fourth-order valence-corrected chi connectivity index (χ4v) is 2.32. The summed E-state index contributed by atoms with van der Waals surface area (Å²) in [6, 6.07) is 8.58. The van der Waals surface area contributed by atoms with Crippen LogP contribution in [-0.4, -0.2) is 23.4 Å². The van der Waals surface area contributed by atoms with E-state index in [1.807, 2.05) is 20.8 Å². The summed E-state index contributed by atoms with van der Waals surface area (Å²) in [4.78, 5) is 31.7. The summed E-state index contributed by atoms with van der Waals surface area (Å²) in [5.41, 5.74) is 7.94. The van der Waals surface area contributed by atoms with Crippen LogP contribution in [0.1, 0.15) is 43.7 Å². The van der Waals surface area contributed by atoms with Crippen LogP contribution in [0, 0.1) is 5.41 Å². The number of aromatic amines is 1. The predicted molar refractivity (Wildman–Crippen MR) is 107 cm³/mol. The largest absolute Gasteiger partial charge is 0.399 e. The normalized spacial score (nSPS) is 11.9. The average molecular weight is 352 g/mol. The lowest BCUT2D eigenvalue weighted by Crippen LogP contribution is -2.20. The van der Waals surface area contributed by atoms with Gasteiger partial charge in [-0.1, -0.05) is 20.8 Å². The van der Waals surface area contributed by atoms with Crippen LogP contribution in [0.2, 0.25) is 0 Å². The van der Waals surface area contributed by atoms with Gasteiger partial charge in [-0.3, -0.25) is 9.59 Å². The maximum absolute atomic E-state index is 12.4. The number of nitrogens with zero attached hydrogens (tertiary/aromatic N) is 1.